The minimum absolute atomic E-state index is 0.0918. The summed E-state index contributed by atoms with van der Waals surface area (Å²) in [6.07, 6.45) is 1.90. The van der Waals surface area contributed by atoms with E-state index >= 15 is 0 Å². The molecule has 96 valence electrons. The molecule has 1 atom stereocenters. The molecule has 1 heterocycles. The molecule has 0 radical (unpaired) electrons. The maximum Gasteiger partial charge on any atom is 0.345 e. The fourth-order valence-electron chi connectivity index (χ4n) is 1.76. The van der Waals surface area contributed by atoms with Gasteiger partial charge in [-0.05, 0) is 12.8 Å². The molecule has 17 heavy (non-hydrogen) atoms. The van der Waals surface area contributed by atoms with Crippen molar-refractivity contribution in [2.75, 3.05) is 13.1 Å². The van der Waals surface area contributed by atoms with Crippen LogP contribution in [0.3, 0.4) is 0 Å². The molecule has 6 heteroatoms. The van der Waals surface area contributed by atoms with Gasteiger partial charge in [0, 0.05) is 13.1 Å². The topological polar surface area (TPSA) is 87.8 Å². The standard InChI is InChI=1S/C11H20N4O2/c1-3-5-13-9(16)7-8-10(12)14-11(17)15(8)6-4-2/h8H,3-7H2,1-2H3,(H,13,16)(H2,12,14,17). The molecule has 0 aromatic rings. The number of hydrogen-bond acceptors (Lipinski definition) is 3. The fraction of sp³-hybridized carbons (Fsp3) is 0.727. The zero-order valence-corrected chi connectivity index (χ0v) is 10.4. The number of urea groups is 1. The summed E-state index contributed by atoms with van der Waals surface area (Å²) in [7, 11) is 0. The highest BCUT2D eigenvalue weighted by Gasteiger charge is 2.33. The van der Waals surface area contributed by atoms with Gasteiger partial charge in [-0.1, -0.05) is 13.8 Å². The molecule has 0 aromatic heterocycles. The largest absolute Gasteiger partial charge is 0.385 e. The first-order chi connectivity index (χ1) is 8.10. The van der Waals surface area contributed by atoms with Gasteiger partial charge in [0.25, 0.3) is 0 Å². The van der Waals surface area contributed by atoms with E-state index in [4.69, 9.17) is 5.73 Å². The summed E-state index contributed by atoms with van der Waals surface area (Å²) < 4.78 is 0. The normalized spacial score (nSPS) is 19.4. The lowest BCUT2D eigenvalue weighted by Crippen LogP contribution is -2.44. The van der Waals surface area contributed by atoms with Crippen LogP contribution in [-0.4, -0.2) is 41.8 Å². The molecular formula is C11H20N4O2. The molecule has 1 aliphatic rings. The predicted octanol–water partition coefficient (Wildman–Crippen LogP) is 0.474. The quantitative estimate of drug-likeness (QED) is 0.707. The molecule has 1 aliphatic heterocycles. The number of aliphatic imine (C=N–C) groups is 1. The smallest absolute Gasteiger partial charge is 0.345 e. The molecule has 3 amide bonds. The van der Waals surface area contributed by atoms with Gasteiger partial charge in [0.05, 0.1) is 12.5 Å². The predicted molar refractivity (Wildman–Crippen MR) is 65.7 cm³/mol. The number of nitrogens with zero attached hydrogens (tertiary/aromatic N) is 2. The van der Waals surface area contributed by atoms with Gasteiger partial charge in [0.1, 0.15) is 5.84 Å². The van der Waals surface area contributed by atoms with Gasteiger partial charge in [-0.3, -0.25) is 4.79 Å². The van der Waals surface area contributed by atoms with E-state index in [9.17, 15) is 9.59 Å². The van der Waals surface area contributed by atoms with Crippen molar-refractivity contribution in [2.45, 2.75) is 39.2 Å². The summed E-state index contributed by atoms with van der Waals surface area (Å²) in [5.74, 6) is 0.154. The second kappa shape index (κ2) is 6.22. The minimum Gasteiger partial charge on any atom is -0.385 e. The summed E-state index contributed by atoms with van der Waals surface area (Å²) in [6, 6.07) is -0.711. The summed E-state index contributed by atoms with van der Waals surface area (Å²) in [5.41, 5.74) is 5.67. The molecule has 6 nitrogen and oxygen atoms in total. The minimum atomic E-state index is -0.376. The monoisotopic (exact) mass is 240 g/mol. The summed E-state index contributed by atoms with van der Waals surface area (Å²) in [5, 5.41) is 2.77. The van der Waals surface area contributed by atoms with Gasteiger partial charge in [-0.25, -0.2) is 4.79 Å². The van der Waals surface area contributed by atoms with Crippen LogP contribution in [-0.2, 0) is 4.79 Å². The highest BCUT2D eigenvalue weighted by molar-refractivity contribution is 6.04. The van der Waals surface area contributed by atoms with Gasteiger partial charge in [-0.15, -0.1) is 0 Å². The van der Waals surface area contributed by atoms with Crippen LogP contribution in [0.25, 0.3) is 0 Å². The molecule has 0 saturated carbocycles. The first-order valence-electron chi connectivity index (χ1n) is 6.01. The van der Waals surface area contributed by atoms with Gasteiger partial charge in [0.2, 0.25) is 5.91 Å². The summed E-state index contributed by atoms with van der Waals surface area (Å²) >= 11 is 0. The third kappa shape index (κ3) is 3.44. The Morgan fingerprint density at radius 2 is 2.18 bits per heavy atom. The van der Waals surface area contributed by atoms with Crippen LogP contribution in [0, 0.1) is 0 Å². The van der Waals surface area contributed by atoms with Crippen LogP contribution in [0.2, 0.25) is 0 Å². The Morgan fingerprint density at radius 3 is 2.76 bits per heavy atom. The Morgan fingerprint density at radius 1 is 1.47 bits per heavy atom. The molecule has 0 saturated heterocycles. The van der Waals surface area contributed by atoms with Crippen molar-refractivity contribution < 1.29 is 9.59 Å². The number of nitrogens with two attached hydrogens (primary N) is 1. The molecule has 0 fully saturated rings. The lowest BCUT2D eigenvalue weighted by Gasteiger charge is -2.23. The van der Waals surface area contributed by atoms with Crippen molar-refractivity contribution in [3.05, 3.63) is 0 Å². The lowest BCUT2D eigenvalue weighted by atomic mass is 10.1. The third-order valence-electron chi connectivity index (χ3n) is 2.60. The lowest BCUT2D eigenvalue weighted by molar-refractivity contribution is -0.121. The number of carbonyl (C=O) groups is 2. The van der Waals surface area contributed by atoms with Gasteiger partial charge in [0.15, 0.2) is 0 Å². The van der Waals surface area contributed by atoms with Crippen molar-refractivity contribution in [3.8, 4) is 0 Å². The Kier molecular flexibility index (Phi) is 4.93. The Bertz CT molecular complexity index is 327. The SMILES string of the molecule is CCCNC(=O)CC1C(N)=NC(=O)N1CCC. The van der Waals surface area contributed by atoms with Crippen molar-refractivity contribution in [2.24, 2.45) is 10.7 Å². The molecule has 0 bridgehead atoms. The van der Waals surface area contributed by atoms with Gasteiger partial charge in [-0.2, -0.15) is 4.99 Å². The average molecular weight is 240 g/mol. The highest BCUT2D eigenvalue weighted by atomic mass is 16.2. The second-order valence-corrected chi connectivity index (χ2v) is 4.08. The number of hydrogen-bond donors (Lipinski definition) is 2. The van der Waals surface area contributed by atoms with E-state index in [2.05, 4.69) is 10.3 Å². The van der Waals surface area contributed by atoms with Crippen molar-refractivity contribution >= 4 is 17.8 Å². The maximum absolute atomic E-state index is 11.6. The van der Waals surface area contributed by atoms with Crippen molar-refractivity contribution in [3.63, 3.8) is 0 Å². The molecule has 1 unspecified atom stereocenters. The zero-order chi connectivity index (χ0) is 12.8. The number of amidine groups is 1. The van der Waals surface area contributed by atoms with Crippen LogP contribution < -0.4 is 11.1 Å². The molecule has 0 aliphatic carbocycles. The molecular weight excluding hydrogens is 220 g/mol. The van der Waals surface area contributed by atoms with E-state index in [1.807, 2.05) is 13.8 Å². The van der Waals surface area contributed by atoms with E-state index in [-0.39, 0.29) is 30.2 Å². The molecule has 1 rings (SSSR count). The van der Waals surface area contributed by atoms with E-state index in [0.717, 1.165) is 12.8 Å². The Hall–Kier alpha value is -1.59. The number of nitrogens with one attached hydrogen (secondary N) is 1. The van der Waals surface area contributed by atoms with Crippen molar-refractivity contribution in [1.29, 1.82) is 0 Å². The van der Waals surface area contributed by atoms with E-state index in [0.29, 0.717) is 13.1 Å². The molecule has 3 N–H and O–H groups in total. The van der Waals surface area contributed by atoms with E-state index in [1.54, 1.807) is 4.90 Å². The maximum atomic E-state index is 11.6. The summed E-state index contributed by atoms with van der Waals surface area (Å²) in [4.78, 5) is 28.4. The number of rotatable bonds is 6. The van der Waals surface area contributed by atoms with Gasteiger partial charge >= 0.3 is 6.03 Å². The first-order valence-corrected chi connectivity index (χ1v) is 6.01. The van der Waals surface area contributed by atoms with Crippen LogP contribution in [0.1, 0.15) is 33.1 Å². The highest BCUT2D eigenvalue weighted by Crippen LogP contribution is 2.14. The van der Waals surface area contributed by atoms with Gasteiger partial charge < -0.3 is 16.0 Å². The first kappa shape index (κ1) is 13.5. The van der Waals surface area contributed by atoms with Crippen LogP contribution in [0.5, 0.6) is 0 Å². The summed E-state index contributed by atoms with van der Waals surface area (Å²) in [6.45, 7) is 5.17. The zero-order valence-electron chi connectivity index (χ0n) is 10.4. The fourth-order valence-corrected chi connectivity index (χ4v) is 1.76. The molecule has 0 aromatic carbocycles. The van der Waals surface area contributed by atoms with Crippen molar-refractivity contribution in [1.82, 2.24) is 10.2 Å². The number of carbonyl (C=O) groups excluding carboxylic acids is 2. The number of amides is 3. The Labute approximate surface area is 101 Å². The van der Waals surface area contributed by atoms with Crippen LogP contribution >= 0.6 is 0 Å². The van der Waals surface area contributed by atoms with E-state index < -0.39 is 0 Å². The third-order valence-corrected chi connectivity index (χ3v) is 2.60. The van der Waals surface area contributed by atoms with Crippen LogP contribution in [0.15, 0.2) is 4.99 Å². The Balaban J connectivity index is 2.57. The van der Waals surface area contributed by atoms with E-state index in [1.165, 1.54) is 0 Å². The molecule has 0 spiro atoms. The second-order valence-electron chi connectivity index (χ2n) is 4.08. The van der Waals surface area contributed by atoms with Crippen LogP contribution in [0.4, 0.5) is 4.79 Å². The average Bonchev–Trinajstić information content (AvgIpc) is 2.54.